The summed E-state index contributed by atoms with van der Waals surface area (Å²) in [7, 11) is 0. The molecule has 0 amide bonds. The fraction of sp³-hybridized carbons (Fsp3) is 0.429. The van der Waals surface area contributed by atoms with E-state index in [2.05, 4.69) is 30.3 Å². The molecule has 0 bridgehead atoms. The lowest BCUT2D eigenvalue weighted by molar-refractivity contribution is 0.770. The predicted molar refractivity (Wildman–Crippen MR) is 65.6 cm³/mol. The highest BCUT2D eigenvalue weighted by atomic mass is 14.5. The number of fused-ring (bicyclic) bond motifs is 1. The van der Waals surface area contributed by atoms with Gasteiger partial charge in [-0.05, 0) is 55.3 Å². The zero-order valence-corrected chi connectivity index (χ0v) is 9.21. The maximum atomic E-state index is 5.56. The van der Waals surface area contributed by atoms with E-state index in [-0.39, 0.29) is 0 Å². The van der Waals surface area contributed by atoms with E-state index in [0.29, 0.717) is 0 Å². The quantitative estimate of drug-likeness (QED) is 0.731. The summed E-state index contributed by atoms with van der Waals surface area (Å²) in [5.41, 5.74) is 10.0. The standard InChI is InChI=1S/C14H19N/c15-11-5-9-13-7-2-1-6-12-8-3-4-10-14(12)13/h3-4,8-10H,1-2,5-7,11,15H2. The van der Waals surface area contributed by atoms with Crippen LogP contribution in [-0.4, -0.2) is 6.54 Å². The Balaban J connectivity index is 2.32. The molecule has 0 aromatic heterocycles. The van der Waals surface area contributed by atoms with Crippen LogP contribution in [0.15, 0.2) is 30.3 Å². The first-order valence-corrected chi connectivity index (χ1v) is 5.89. The van der Waals surface area contributed by atoms with E-state index in [9.17, 15) is 0 Å². The van der Waals surface area contributed by atoms with Crippen molar-refractivity contribution >= 4 is 5.57 Å². The minimum atomic E-state index is 0.756. The third kappa shape index (κ3) is 2.48. The molecule has 1 aliphatic rings. The first-order valence-electron chi connectivity index (χ1n) is 5.89. The third-order valence-corrected chi connectivity index (χ3v) is 3.06. The van der Waals surface area contributed by atoms with Gasteiger partial charge in [0, 0.05) is 0 Å². The number of aryl methyl sites for hydroxylation is 1. The molecule has 2 N–H and O–H groups in total. The van der Waals surface area contributed by atoms with Crippen molar-refractivity contribution in [2.24, 2.45) is 5.73 Å². The Morgan fingerprint density at radius 3 is 2.80 bits per heavy atom. The lowest BCUT2D eigenvalue weighted by atomic mass is 9.98. The van der Waals surface area contributed by atoms with Gasteiger partial charge in [0.2, 0.25) is 0 Å². The molecule has 1 aromatic carbocycles. The van der Waals surface area contributed by atoms with Crippen molar-refractivity contribution in [2.45, 2.75) is 32.1 Å². The van der Waals surface area contributed by atoms with Crippen LogP contribution in [-0.2, 0) is 6.42 Å². The maximum Gasteiger partial charge on any atom is -0.00424 e. The molecule has 0 saturated heterocycles. The van der Waals surface area contributed by atoms with E-state index in [1.54, 1.807) is 0 Å². The van der Waals surface area contributed by atoms with Crippen molar-refractivity contribution in [3.05, 3.63) is 41.5 Å². The highest BCUT2D eigenvalue weighted by molar-refractivity contribution is 5.68. The van der Waals surface area contributed by atoms with E-state index in [4.69, 9.17) is 5.73 Å². The minimum Gasteiger partial charge on any atom is -0.330 e. The molecule has 0 unspecified atom stereocenters. The first kappa shape index (κ1) is 10.4. The highest BCUT2D eigenvalue weighted by Gasteiger charge is 2.10. The number of hydrogen-bond donors (Lipinski definition) is 1. The van der Waals surface area contributed by atoms with Gasteiger partial charge in [0.15, 0.2) is 0 Å². The van der Waals surface area contributed by atoms with Gasteiger partial charge in [-0.3, -0.25) is 0 Å². The van der Waals surface area contributed by atoms with Gasteiger partial charge in [0.1, 0.15) is 0 Å². The van der Waals surface area contributed by atoms with Crippen LogP contribution < -0.4 is 5.73 Å². The lowest BCUT2D eigenvalue weighted by Crippen LogP contribution is -1.97. The third-order valence-electron chi connectivity index (χ3n) is 3.06. The van der Waals surface area contributed by atoms with Crippen LogP contribution in [0.4, 0.5) is 0 Å². The van der Waals surface area contributed by atoms with Gasteiger partial charge in [0.05, 0.1) is 0 Å². The molecule has 1 aliphatic carbocycles. The second-order valence-electron chi connectivity index (χ2n) is 4.17. The Kier molecular flexibility index (Phi) is 3.57. The molecule has 0 radical (unpaired) electrons. The smallest absolute Gasteiger partial charge is 0.00424 e. The molecule has 0 spiro atoms. The van der Waals surface area contributed by atoms with Gasteiger partial charge in [-0.2, -0.15) is 0 Å². The largest absolute Gasteiger partial charge is 0.330 e. The van der Waals surface area contributed by atoms with Gasteiger partial charge in [0.25, 0.3) is 0 Å². The molecule has 0 fully saturated rings. The van der Waals surface area contributed by atoms with Gasteiger partial charge in [-0.25, -0.2) is 0 Å². The Hall–Kier alpha value is -1.08. The summed E-state index contributed by atoms with van der Waals surface area (Å²) in [6, 6.07) is 8.80. The number of allylic oxidation sites excluding steroid dienone is 1. The normalized spacial score (nSPS) is 18.6. The van der Waals surface area contributed by atoms with Gasteiger partial charge >= 0.3 is 0 Å². The zero-order chi connectivity index (χ0) is 10.5. The van der Waals surface area contributed by atoms with Crippen LogP contribution in [0.3, 0.4) is 0 Å². The monoisotopic (exact) mass is 201 g/mol. The molecule has 0 atom stereocenters. The molecular formula is C14H19N. The summed E-state index contributed by atoms with van der Waals surface area (Å²) in [6.45, 7) is 0.756. The van der Waals surface area contributed by atoms with Crippen LogP contribution >= 0.6 is 0 Å². The highest BCUT2D eigenvalue weighted by Crippen LogP contribution is 2.29. The van der Waals surface area contributed by atoms with Crippen molar-refractivity contribution in [2.75, 3.05) is 6.54 Å². The molecule has 0 heterocycles. The second-order valence-corrected chi connectivity index (χ2v) is 4.17. The Morgan fingerprint density at radius 2 is 1.93 bits per heavy atom. The van der Waals surface area contributed by atoms with E-state index in [1.807, 2.05) is 0 Å². The fourth-order valence-corrected chi connectivity index (χ4v) is 2.29. The van der Waals surface area contributed by atoms with Crippen molar-refractivity contribution in [3.63, 3.8) is 0 Å². The van der Waals surface area contributed by atoms with Crippen LogP contribution in [0.25, 0.3) is 5.57 Å². The molecule has 15 heavy (non-hydrogen) atoms. The summed E-state index contributed by atoms with van der Waals surface area (Å²) in [5, 5.41) is 0. The predicted octanol–water partition coefficient (Wildman–Crippen LogP) is 3.15. The number of hydrogen-bond acceptors (Lipinski definition) is 1. The van der Waals surface area contributed by atoms with E-state index < -0.39 is 0 Å². The summed E-state index contributed by atoms with van der Waals surface area (Å²) in [5.74, 6) is 0. The minimum absolute atomic E-state index is 0.756. The number of rotatable bonds is 2. The molecule has 0 saturated carbocycles. The van der Waals surface area contributed by atoms with E-state index >= 15 is 0 Å². The van der Waals surface area contributed by atoms with Crippen molar-refractivity contribution in [1.29, 1.82) is 0 Å². The Bertz CT molecular complexity index is 352. The van der Waals surface area contributed by atoms with Gasteiger partial charge < -0.3 is 5.73 Å². The second kappa shape index (κ2) is 5.13. The molecule has 1 heteroatoms. The van der Waals surface area contributed by atoms with Crippen molar-refractivity contribution < 1.29 is 0 Å². The van der Waals surface area contributed by atoms with Crippen LogP contribution in [0.1, 0.15) is 36.8 Å². The number of benzene rings is 1. The molecular weight excluding hydrogens is 182 g/mol. The average Bonchev–Trinajstić information content (AvgIpc) is 2.49. The van der Waals surface area contributed by atoms with Gasteiger partial charge in [-0.15, -0.1) is 0 Å². The molecule has 0 aliphatic heterocycles. The lowest BCUT2D eigenvalue weighted by Gasteiger charge is -2.08. The molecule has 1 nitrogen and oxygen atoms in total. The first-order chi connectivity index (χ1) is 7.42. The van der Waals surface area contributed by atoms with Crippen molar-refractivity contribution in [3.8, 4) is 0 Å². The fourth-order valence-electron chi connectivity index (χ4n) is 2.29. The van der Waals surface area contributed by atoms with Crippen molar-refractivity contribution in [1.82, 2.24) is 0 Å². The molecule has 1 aromatic rings. The summed E-state index contributed by atoms with van der Waals surface area (Å²) in [6.07, 6.45) is 8.41. The summed E-state index contributed by atoms with van der Waals surface area (Å²) >= 11 is 0. The van der Waals surface area contributed by atoms with E-state index in [1.165, 1.54) is 42.4 Å². The number of nitrogens with two attached hydrogens (primary N) is 1. The summed E-state index contributed by atoms with van der Waals surface area (Å²) in [4.78, 5) is 0. The van der Waals surface area contributed by atoms with Crippen LogP contribution in [0.2, 0.25) is 0 Å². The SMILES string of the molecule is NCCC=C1CCCCc2ccccc21. The van der Waals surface area contributed by atoms with Crippen LogP contribution in [0.5, 0.6) is 0 Å². The average molecular weight is 201 g/mol. The Labute approximate surface area is 92.0 Å². The zero-order valence-electron chi connectivity index (χ0n) is 9.21. The van der Waals surface area contributed by atoms with E-state index in [0.717, 1.165) is 13.0 Å². The topological polar surface area (TPSA) is 26.0 Å². The van der Waals surface area contributed by atoms with Gasteiger partial charge in [-0.1, -0.05) is 30.3 Å². The Morgan fingerprint density at radius 1 is 1.13 bits per heavy atom. The maximum absolute atomic E-state index is 5.56. The molecule has 2 rings (SSSR count). The summed E-state index contributed by atoms with van der Waals surface area (Å²) < 4.78 is 0. The van der Waals surface area contributed by atoms with Crippen LogP contribution in [0, 0.1) is 0 Å². The molecule has 80 valence electrons.